The summed E-state index contributed by atoms with van der Waals surface area (Å²) in [7, 11) is 0. The van der Waals surface area contributed by atoms with E-state index < -0.39 is 5.97 Å². The molecule has 0 atom stereocenters. The maximum atomic E-state index is 12.0. The Hall–Kier alpha value is -1.10. The lowest BCUT2D eigenvalue weighted by Crippen LogP contribution is -2.32. The van der Waals surface area contributed by atoms with E-state index in [1.807, 2.05) is 0 Å². The number of ether oxygens (including phenoxy) is 1. The van der Waals surface area contributed by atoms with Crippen molar-refractivity contribution in [3.63, 3.8) is 0 Å². The first kappa shape index (κ1) is 16.3. The summed E-state index contributed by atoms with van der Waals surface area (Å²) in [6.07, 6.45) is 7.67. The fourth-order valence-corrected chi connectivity index (χ4v) is 3.20. The molecule has 0 heterocycles. The predicted octanol–water partition coefficient (Wildman–Crippen LogP) is 2.34. The molecule has 1 amide bonds. The smallest absolute Gasteiger partial charge is 0.303 e. The molecule has 2 aliphatic rings. The Morgan fingerprint density at radius 3 is 2.52 bits per heavy atom. The maximum Gasteiger partial charge on any atom is 0.303 e. The van der Waals surface area contributed by atoms with E-state index in [1.54, 1.807) is 0 Å². The molecule has 0 radical (unpaired) electrons. The Balaban J connectivity index is 1.59. The quantitative estimate of drug-likeness (QED) is 0.607. The fourth-order valence-electron chi connectivity index (χ4n) is 3.20. The Kier molecular flexibility index (Phi) is 6.03. The third kappa shape index (κ3) is 6.04. The molecule has 2 saturated carbocycles. The molecule has 21 heavy (non-hydrogen) atoms. The second kappa shape index (κ2) is 7.78. The van der Waals surface area contributed by atoms with Crippen molar-refractivity contribution in [1.82, 2.24) is 5.32 Å². The van der Waals surface area contributed by atoms with Crippen molar-refractivity contribution < 1.29 is 19.4 Å². The van der Waals surface area contributed by atoms with Crippen LogP contribution in [-0.4, -0.2) is 36.7 Å². The van der Waals surface area contributed by atoms with Gasteiger partial charge in [-0.3, -0.25) is 9.59 Å². The van der Waals surface area contributed by atoms with Crippen LogP contribution in [0, 0.1) is 11.3 Å². The number of amides is 1. The standard InChI is InChI=1S/C16H27NO4/c18-14(17-8-3-9-21-12-13-4-5-13)10-16(11-15(19)20)6-1-2-7-16/h13H,1-12H2,(H,17,18)(H,19,20). The van der Waals surface area contributed by atoms with E-state index in [9.17, 15) is 9.59 Å². The van der Waals surface area contributed by atoms with Crippen molar-refractivity contribution in [2.75, 3.05) is 19.8 Å². The van der Waals surface area contributed by atoms with Crippen LogP contribution in [0.2, 0.25) is 0 Å². The van der Waals surface area contributed by atoms with Crippen LogP contribution in [0.25, 0.3) is 0 Å². The van der Waals surface area contributed by atoms with Crippen molar-refractivity contribution >= 4 is 11.9 Å². The molecule has 0 bridgehead atoms. The van der Waals surface area contributed by atoms with Crippen molar-refractivity contribution in [3.8, 4) is 0 Å². The fraction of sp³-hybridized carbons (Fsp3) is 0.875. The number of carboxylic acids is 1. The van der Waals surface area contributed by atoms with Gasteiger partial charge in [-0.15, -0.1) is 0 Å². The molecule has 5 heteroatoms. The molecule has 0 saturated heterocycles. The van der Waals surface area contributed by atoms with Crippen LogP contribution in [0.15, 0.2) is 0 Å². The van der Waals surface area contributed by atoms with Gasteiger partial charge < -0.3 is 15.2 Å². The lowest BCUT2D eigenvalue weighted by Gasteiger charge is -2.26. The van der Waals surface area contributed by atoms with Gasteiger partial charge in [-0.2, -0.15) is 0 Å². The summed E-state index contributed by atoms with van der Waals surface area (Å²) in [5.41, 5.74) is -0.307. The van der Waals surface area contributed by atoms with Crippen LogP contribution >= 0.6 is 0 Å². The zero-order chi connectivity index (χ0) is 15.1. The molecular weight excluding hydrogens is 270 g/mol. The van der Waals surface area contributed by atoms with Crippen LogP contribution in [-0.2, 0) is 14.3 Å². The first-order valence-electron chi connectivity index (χ1n) is 8.16. The van der Waals surface area contributed by atoms with Crippen LogP contribution in [0.3, 0.4) is 0 Å². The second-order valence-electron chi connectivity index (χ2n) is 6.68. The van der Waals surface area contributed by atoms with Crippen molar-refractivity contribution in [2.45, 2.75) is 57.8 Å². The third-order valence-corrected chi connectivity index (χ3v) is 4.56. The van der Waals surface area contributed by atoms with Gasteiger partial charge in [0.05, 0.1) is 6.42 Å². The molecule has 120 valence electrons. The summed E-state index contributed by atoms with van der Waals surface area (Å²) in [4.78, 5) is 23.0. The molecule has 0 aromatic heterocycles. The van der Waals surface area contributed by atoms with E-state index >= 15 is 0 Å². The first-order chi connectivity index (χ1) is 10.1. The minimum absolute atomic E-state index is 0.0136. The number of nitrogens with one attached hydrogen (secondary N) is 1. The molecule has 0 aromatic rings. The van der Waals surface area contributed by atoms with Crippen LogP contribution in [0.1, 0.15) is 57.8 Å². The summed E-state index contributed by atoms with van der Waals surface area (Å²) >= 11 is 0. The average Bonchev–Trinajstić information content (AvgIpc) is 3.13. The van der Waals surface area contributed by atoms with Gasteiger partial charge in [0.2, 0.25) is 5.91 Å². The van der Waals surface area contributed by atoms with Crippen LogP contribution < -0.4 is 5.32 Å². The van der Waals surface area contributed by atoms with E-state index in [0.717, 1.165) is 44.6 Å². The monoisotopic (exact) mass is 297 g/mol. The second-order valence-corrected chi connectivity index (χ2v) is 6.68. The Bertz CT molecular complexity index is 359. The van der Waals surface area contributed by atoms with E-state index in [0.29, 0.717) is 19.6 Å². The van der Waals surface area contributed by atoms with Gasteiger partial charge in [0.25, 0.3) is 0 Å². The predicted molar refractivity (Wildman–Crippen MR) is 78.9 cm³/mol. The minimum Gasteiger partial charge on any atom is -0.481 e. The zero-order valence-electron chi connectivity index (χ0n) is 12.7. The number of hydrogen-bond acceptors (Lipinski definition) is 3. The normalized spacial score (nSPS) is 20.4. The first-order valence-corrected chi connectivity index (χ1v) is 8.16. The summed E-state index contributed by atoms with van der Waals surface area (Å²) in [5, 5.41) is 11.9. The Morgan fingerprint density at radius 2 is 1.90 bits per heavy atom. The lowest BCUT2D eigenvalue weighted by atomic mass is 9.79. The van der Waals surface area contributed by atoms with E-state index in [-0.39, 0.29) is 17.7 Å². The Morgan fingerprint density at radius 1 is 1.19 bits per heavy atom. The van der Waals surface area contributed by atoms with Gasteiger partial charge in [0, 0.05) is 26.2 Å². The number of hydrogen-bond donors (Lipinski definition) is 2. The maximum absolute atomic E-state index is 12.0. The van der Waals surface area contributed by atoms with Crippen molar-refractivity contribution in [1.29, 1.82) is 0 Å². The molecule has 2 fully saturated rings. The molecule has 2 aliphatic carbocycles. The van der Waals surface area contributed by atoms with Gasteiger partial charge in [0.15, 0.2) is 0 Å². The van der Waals surface area contributed by atoms with Crippen molar-refractivity contribution in [2.24, 2.45) is 11.3 Å². The van der Waals surface area contributed by atoms with Gasteiger partial charge in [-0.05, 0) is 43.4 Å². The summed E-state index contributed by atoms with van der Waals surface area (Å²) in [5.74, 6) is -0.0312. The molecular formula is C16H27NO4. The van der Waals surface area contributed by atoms with E-state index in [1.165, 1.54) is 12.8 Å². The summed E-state index contributed by atoms with van der Waals surface area (Å²) < 4.78 is 5.52. The number of aliphatic carboxylic acids is 1. The summed E-state index contributed by atoms with van der Waals surface area (Å²) in [6.45, 7) is 2.17. The molecule has 0 unspecified atom stereocenters. The number of carbonyl (C=O) groups excluding carboxylic acids is 1. The average molecular weight is 297 g/mol. The van der Waals surface area contributed by atoms with Crippen LogP contribution in [0.5, 0.6) is 0 Å². The van der Waals surface area contributed by atoms with Crippen molar-refractivity contribution in [3.05, 3.63) is 0 Å². The van der Waals surface area contributed by atoms with Gasteiger partial charge in [-0.1, -0.05) is 12.8 Å². The lowest BCUT2D eigenvalue weighted by molar-refractivity contribution is -0.140. The Labute approximate surface area is 126 Å². The van der Waals surface area contributed by atoms with Gasteiger partial charge in [-0.25, -0.2) is 0 Å². The highest BCUT2D eigenvalue weighted by molar-refractivity contribution is 5.78. The molecule has 5 nitrogen and oxygen atoms in total. The number of carboxylic acid groups (broad SMARTS) is 1. The molecule has 0 aliphatic heterocycles. The highest BCUT2D eigenvalue weighted by Crippen LogP contribution is 2.43. The largest absolute Gasteiger partial charge is 0.481 e. The van der Waals surface area contributed by atoms with E-state index in [4.69, 9.17) is 9.84 Å². The molecule has 2 rings (SSSR count). The van der Waals surface area contributed by atoms with E-state index in [2.05, 4.69) is 5.32 Å². The topological polar surface area (TPSA) is 75.6 Å². The third-order valence-electron chi connectivity index (χ3n) is 4.56. The van der Waals surface area contributed by atoms with Gasteiger partial charge in [0.1, 0.15) is 0 Å². The number of rotatable bonds is 10. The highest BCUT2D eigenvalue weighted by Gasteiger charge is 2.37. The number of carbonyl (C=O) groups is 2. The molecule has 0 spiro atoms. The van der Waals surface area contributed by atoms with Crippen LogP contribution in [0.4, 0.5) is 0 Å². The zero-order valence-corrected chi connectivity index (χ0v) is 12.7. The molecule has 0 aromatic carbocycles. The van der Waals surface area contributed by atoms with Gasteiger partial charge >= 0.3 is 5.97 Å². The minimum atomic E-state index is -0.793. The molecule has 2 N–H and O–H groups in total. The SMILES string of the molecule is O=C(O)CC1(CC(=O)NCCCOCC2CC2)CCCC1. The summed E-state index contributed by atoms with van der Waals surface area (Å²) in [6, 6.07) is 0. The highest BCUT2D eigenvalue weighted by atomic mass is 16.5.